The lowest BCUT2D eigenvalue weighted by Gasteiger charge is -2.40. The highest BCUT2D eigenvalue weighted by atomic mass is 16.5. The standard InChI is InChI=1S/C14H23N3O/c1-11-5-7-16-13(12(11)9-15)17-8-4-6-14(2,10-17)18-3/h5,7H,4,6,8-10,15H2,1-3H3. The number of methoxy groups -OCH3 is 1. The first-order valence-electron chi connectivity index (χ1n) is 6.54. The minimum Gasteiger partial charge on any atom is -0.377 e. The molecule has 1 atom stereocenters. The van der Waals surface area contributed by atoms with E-state index >= 15 is 0 Å². The Morgan fingerprint density at radius 1 is 1.56 bits per heavy atom. The molecule has 0 bridgehead atoms. The Morgan fingerprint density at radius 3 is 3.00 bits per heavy atom. The minimum absolute atomic E-state index is 0.0739. The molecule has 1 aromatic heterocycles. The predicted molar refractivity (Wildman–Crippen MR) is 73.7 cm³/mol. The van der Waals surface area contributed by atoms with Crippen molar-refractivity contribution in [3.8, 4) is 0 Å². The van der Waals surface area contributed by atoms with Crippen LogP contribution in [0.15, 0.2) is 12.3 Å². The Balaban J connectivity index is 2.29. The number of piperidine rings is 1. The lowest BCUT2D eigenvalue weighted by molar-refractivity contribution is -0.00484. The molecule has 4 nitrogen and oxygen atoms in total. The van der Waals surface area contributed by atoms with Crippen molar-refractivity contribution >= 4 is 5.82 Å². The van der Waals surface area contributed by atoms with E-state index in [1.54, 1.807) is 7.11 Å². The Hall–Kier alpha value is -1.13. The summed E-state index contributed by atoms with van der Waals surface area (Å²) in [4.78, 5) is 6.83. The monoisotopic (exact) mass is 249 g/mol. The largest absolute Gasteiger partial charge is 0.377 e. The molecule has 0 aliphatic carbocycles. The molecule has 1 aromatic rings. The highest BCUT2D eigenvalue weighted by Crippen LogP contribution is 2.29. The summed E-state index contributed by atoms with van der Waals surface area (Å²) < 4.78 is 5.63. The summed E-state index contributed by atoms with van der Waals surface area (Å²) >= 11 is 0. The third-order valence-electron chi connectivity index (χ3n) is 3.92. The molecule has 100 valence electrons. The number of nitrogens with two attached hydrogens (primary N) is 1. The lowest BCUT2D eigenvalue weighted by atomic mass is 9.94. The van der Waals surface area contributed by atoms with Crippen molar-refractivity contribution in [2.45, 2.75) is 38.8 Å². The SMILES string of the molecule is COC1(C)CCCN(c2nccc(C)c2CN)C1. The van der Waals surface area contributed by atoms with E-state index in [1.807, 2.05) is 12.3 Å². The Bertz CT molecular complexity index is 422. The molecular weight excluding hydrogens is 226 g/mol. The molecule has 1 unspecified atom stereocenters. The molecule has 1 aliphatic rings. The predicted octanol–water partition coefficient (Wildman–Crippen LogP) is 1.85. The molecule has 2 N–H and O–H groups in total. The van der Waals surface area contributed by atoms with Crippen LogP contribution < -0.4 is 10.6 Å². The van der Waals surface area contributed by atoms with Crippen LogP contribution in [0.25, 0.3) is 0 Å². The second-order valence-electron chi connectivity index (χ2n) is 5.31. The van der Waals surface area contributed by atoms with Crippen molar-refractivity contribution in [2.75, 3.05) is 25.1 Å². The smallest absolute Gasteiger partial charge is 0.133 e. The van der Waals surface area contributed by atoms with Crippen LogP contribution in [0.3, 0.4) is 0 Å². The van der Waals surface area contributed by atoms with Crippen LogP contribution in [0, 0.1) is 6.92 Å². The van der Waals surface area contributed by atoms with E-state index in [0.29, 0.717) is 6.54 Å². The van der Waals surface area contributed by atoms with Crippen molar-refractivity contribution in [1.29, 1.82) is 0 Å². The van der Waals surface area contributed by atoms with Gasteiger partial charge in [0.1, 0.15) is 5.82 Å². The third-order valence-corrected chi connectivity index (χ3v) is 3.92. The highest BCUT2D eigenvalue weighted by molar-refractivity contribution is 5.51. The van der Waals surface area contributed by atoms with Crippen LogP contribution in [-0.2, 0) is 11.3 Å². The number of hydrogen-bond donors (Lipinski definition) is 1. The van der Waals surface area contributed by atoms with Crippen molar-refractivity contribution in [3.63, 3.8) is 0 Å². The summed E-state index contributed by atoms with van der Waals surface area (Å²) in [6.45, 7) is 6.70. The number of anilines is 1. The Morgan fingerprint density at radius 2 is 2.33 bits per heavy atom. The van der Waals surface area contributed by atoms with Gasteiger partial charge in [-0.3, -0.25) is 0 Å². The molecule has 0 saturated carbocycles. The fraction of sp³-hybridized carbons (Fsp3) is 0.643. The van der Waals surface area contributed by atoms with Gasteiger partial charge in [-0.15, -0.1) is 0 Å². The zero-order valence-corrected chi connectivity index (χ0v) is 11.6. The van der Waals surface area contributed by atoms with Crippen molar-refractivity contribution in [2.24, 2.45) is 5.73 Å². The fourth-order valence-electron chi connectivity index (χ4n) is 2.65. The van der Waals surface area contributed by atoms with Crippen LogP contribution in [-0.4, -0.2) is 30.8 Å². The molecule has 0 radical (unpaired) electrons. The van der Waals surface area contributed by atoms with Crippen LogP contribution in [0.2, 0.25) is 0 Å². The molecule has 18 heavy (non-hydrogen) atoms. The van der Waals surface area contributed by atoms with Gasteiger partial charge in [0.2, 0.25) is 0 Å². The Labute approximate surface area is 109 Å². The maximum Gasteiger partial charge on any atom is 0.133 e. The molecule has 2 heterocycles. The van der Waals surface area contributed by atoms with Crippen LogP contribution >= 0.6 is 0 Å². The number of pyridine rings is 1. The van der Waals surface area contributed by atoms with Crippen molar-refractivity contribution in [1.82, 2.24) is 4.98 Å². The maximum absolute atomic E-state index is 5.86. The first kappa shape index (κ1) is 13.3. The number of nitrogens with zero attached hydrogens (tertiary/aromatic N) is 2. The molecule has 1 fully saturated rings. The molecule has 0 aromatic carbocycles. The van der Waals surface area contributed by atoms with E-state index in [-0.39, 0.29) is 5.60 Å². The summed E-state index contributed by atoms with van der Waals surface area (Å²) in [7, 11) is 1.79. The lowest BCUT2D eigenvalue weighted by Crippen LogP contribution is -2.48. The molecule has 1 saturated heterocycles. The summed E-state index contributed by atoms with van der Waals surface area (Å²) in [6, 6.07) is 2.02. The molecular formula is C14H23N3O. The topological polar surface area (TPSA) is 51.4 Å². The fourth-order valence-corrected chi connectivity index (χ4v) is 2.65. The van der Waals surface area contributed by atoms with Gasteiger partial charge in [0.15, 0.2) is 0 Å². The molecule has 1 aliphatic heterocycles. The number of aromatic nitrogens is 1. The van der Waals surface area contributed by atoms with Crippen LogP contribution in [0.1, 0.15) is 30.9 Å². The Kier molecular flexibility index (Phi) is 3.88. The highest BCUT2D eigenvalue weighted by Gasteiger charge is 2.32. The van der Waals surface area contributed by atoms with Gasteiger partial charge in [0.05, 0.1) is 5.60 Å². The third kappa shape index (κ3) is 2.49. The molecule has 0 amide bonds. The summed E-state index contributed by atoms with van der Waals surface area (Å²) in [5.74, 6) is 1.03. The minimum atomic E-state index is -0.0739. The average molecular weight is 249 g/mol. The van der Waals surface area contributed by atoms with E-state index in [0.717, 1.165) is 37.3 Å². The summed E-state index contributed by atoms with van der Waals surface area (Å²) in [5, 5.41) is 0. The van der Waals surface area contributed by atoms with Gasteiger partial charge >= 0.3 is 0 Å². The van der Waals surface area contributed by atoms with Crippen LogP contribution in [0.5, 0.6) is 0 Å². The van der Waals surface area contributed by atoms with E-state index in [9.17, 15) is 0 Å². The van der Waals surface area contributed by atoms with Gasteiger partial charge in [-0.1, -0.05) is 0 Å². The molecule has 4 heteroatoms. The van der Waals surface area contributed by atoms with Crippen molar-refractivity contribution < 1.29 is 4.74 Å². The number of ether oxygens (including phenoxy) is 1. The quantitative estimate of drug-likeness (QED) is 0.888. The van der Waals surface area contributed by atoms with Gasteiger partial charge in [-0.25, -0.2) is 4.98 Å². The van der Waals surface area contributed by atoms with E-state index in [4.69, 9.17) is 10.5 Å². The zero-order valence-electron chi connectivity index (χ0n) is 11.6. The first-order valence-corrected chi connectivity index (χ1v) is 6.54. The normalized spacial score (nSPS) is 24.3. The number of hydrogen-bond acceptors (Lipinski definition) is 4. The van der Waals surface area contributed by atoms with Gasteiger partial charge < -0.3 is 15.4 Å². The van der Waals surface area contributed by atoms with Gasteiger partial charge in [0, 0.05) is 38.5 Å². The second kappa shape index (κ2) is 5.24. The van der Waals surface area contributed by atoms with Gasteiger partial charge in [-0.2, -0.15) is 0 Å². The molecule has 0 spiro atoms. The van der Waals surface area contributed by atoms with Crippen LogP contribution in [0.4, 0.5) is 5.82 Å². The summed E-state index contributed by atoms with van der Waals surface area (Å²) in [5.41, 5.74) is 8.15. The van der Waals surface area contributed by atoms with E-state index in [1.165, 1.54) is 5.56 Å². The van der Waals surface area contributed by atoms with E-state index < -0.39 is 0 Å². The van der Waals surface area contributed by atoms with Crippen molar-refractivity contribution in [3.05, 3.63) is 23.4 Å². The second-order valence-corrected chi connectivity index (χ2v) is 5.31. The zero-order chi connectivity index (χ0) is 13.2. The van der Waals surface area contributed by atoms with E-state index in [2.05, 4.69) is 23.7 Å². The number of aryl methyl sites for hydroxylation is 1. The van der Waals surface area contributed by atoms with Gasteiger partial charge in [-0.05, 0) is 38.3 Å². The van der Waals surface area contributed by atoms with Gasteiger partial charge in [0.25, 0.3) is 0 Å². The molecule has 2 rings (SSSR count). The maximum atomic E-state index is 5.86. The first-order chi connectivity index (χ1) is 8.59. The average Bonchev–Trinajstić information content (AvgIpc) is 2.38. The summed E-state index contributed by atoms with van der Waals surface area (Å²) in [6.07, 6.45) is 4.09. The number of rotatable bonds is 3.